The van der Waals surface area contributed by atoms with Gasteiger partial charge in [-0.25, -0.2) is 0 Å². The van der Waals surface area contributed by atoms with Crippen molar-refractivity contribution in [3.8, 4) is 0 Å². The first-order valence-corrected chi connectivity index (χ1v) is 1.15. The van der Waals surface area contributed by atoms with E-state index >= 15 is 0 Å². The Labute approximate surface area is 71.5 Å². The number of rotatable bonds is 0. The average molecular weight is 329 g/mol. The van der Waals surface area contributed by atoms with Crippen molar-refractivity contribution in [3.63, 3.8) is 0 Å². The van der Waals surface area contributed by atoms with Crippen molar-refractivity contribution in [3.05, 3.63) is 0 Å². The van der Waals surface area contributed by atoms with Crippen LogP contribution < -0.4 is 36.3 Å². The van der Waals surface area contributed by atoms with Gasteiger partial charge in [0.1, 0.15) is 0 Å². The molecule has 0 aromatic rings. The normalized spacial score (nSPS) is 2.57. The van der Waals surface area contributed by atoms with Gasteiger partial charge in [-0.15, -0.1) is 0 Å². The van der Waals surface area contributed by atoms with Gasteiger partial charge in [-0.05, 0) is 0 Å². The summed E-state index contributed by atoms with van der Waals surface area (Å²) in [6.07, 6.45) is 0. The zero-order valence-electron chi connectivity index (χ0n) is 4.36. The minimum absolute atomic E-state index is 0. The predicted molar refractivity (Wildman–Crippen MR) is 18.8 cm³/mol. The molecular weight excluding hydrogens is 318 g/mol. The van der Waals surface area contributed by atoms with Crippen LogP contribution in [-0.4, -0.2) is 14.1 Å². The Kier molecular flexibility index (Phi) is 342. The van der Waals surface area contributed by atoms with E-state index in [2.05, 4.69) is 0 Å². The first kappa shape index (κ1) is 41.6. The Morgan fingerprint density at radius 2 is 1.00 bits per heavy atom. The van der Waals surface area contributed by atoms with E-state index in [1.807, 2.05) is 19.4 Å². The van der Waals surface area contributed by atoms with E-state index in [1.54, 1.807) is 0 Å². The summed E-state index contributed by atoms with van der Waals surface area (Å²) in [5.74, 6) is 0. The maximum atomic E-state index is 2.00. The summed E-state index contributed by atoms with van der Waals surface area (Å²) in [6, 6.07) is 0. The first-order valence-electron chi connectivity index (χ1n) is 1.15. The molecule has 0 aromatic heterocycles. The standard InChI is InChI=1S/C2H7N.2ClH.H3N.Pt/c1-3-2;;;;/h3H,1-2H3;2*1H;1H3;/p-1. The van der Waals surface area contributed by atoms with Crippen molar-refractivity contribution < 1.29 is 51.2 Å². The van der Waals surface area contributed by atoms with Gasteiger partial charge in [0, 0.05) is 21.1 Å². The van der Waals surface area contributed by atoms with Crippen LogP contribution in [0, 0.1) is 0 Å². The quantitative estimate of drug-likeness (QED) is 0.456. The van der Waals surface area contributed by atoms with Crippen molar-refractivity contribution in [1.29, 1.82) is 0 Å². The second-order valence-electron chi connectivity index (χ2n) is 0.577. The Morgan fingerprint density at radius 1 is 1.00 bits per heavy atom. The van der Waals surface area contributed by atoms with Gasteiger partial charge in [0.2, 0.25) is 0 Å². The molecular formula is C2H11Cl2N2Pt-. The van der Waals surface area contributed by atoms with Crippen LogP contribution in [0.4, 0.5) is 0 Å². The molecule has 7 heavy (non-hydrogen) atoms. The molecule has 0 aliphatic rings. The Bertz CT molecular complexity index is 13.7. The van der Waals surface area contributed by atoms with Crippen molar-refractivity contribution in [2.24, 2.45) is 0 Å². The van der Waals surface area contributed by atoms with Gasteiger partial charge in [-0.3, -0.25) is 0 Å². The Hall–Kier alpha value is 1.19. The second-order valence-corrected chi connectivity index (χ2v) is 0.577. The fraction of sp³-hybridized carbons (Fsp3) is 1.00. The van der Waals surface area contributed by atoms with Crippen LogP contribution in [0.25, 0.3) is 0 Å². The number of hydrogen-bond donors (Lipinski definition) is 2. The molecule has 0 spiro atoms. The summed E-state index contributed by atoms with van der Waals surface area (Å²) in [7, 11) is 4.00. The predicted octanol–water partition coefficient (Wildman–Crippen LogP) is -7.02. The summed E-state index contributed by atoms with van der Waals surface area (Å²) in [6.45, 7) is 0. The van der Waals surface area contributed by atoms with Crippen LogP contribution in [0.1, 0.15) is 0 Å². The van der Waals surface area contributed by atoms with Gasteiger partial charge in [0.25, 0.3) is 0 Å². The van der Waals surface area contributed by atoms with Crippen LogP contribution in [0.5, 0.6) is 0 Å². The molecule has 0 saturated heterocycles. The van der Waals surface area contributed by atoms with E-state index in [4.69, 9.17) is 0 Å². The molecule has 0 heterocycles. The van der Waals surface area contributed by atoms with E-state index in [0.717, 1.165) is 0 Å². The summed E-state index contributed by atoms with van der Waals surface area (Å²) < 4.78 is 0. The van der Waals surface area contributed by atoms with Crippen LogP contribution in [-0.2, 0) is 21.1 Å². The van der Waals surface area contributed by atoms with Crippen LogP contribution in [0.15, 0.2) is 0 Å². The number of hydrogen-bond acceptors (Lipinski definition) is 1. The third-order valence-corrected chi connectivity index (χ3v) is 0. The molecule has 0 radical (unpaired) electrons. The molecule has 0 bridgehead atoms. The molecule has 0 aromatic carbocycles. The van der Waals surface area contributed by atoms with Gasteiger partial charge >= 0.3 is 0 Å². The van der Waals surface area contributed by atoms with Gasteiger partial charge in [0.15, 0.2) is 0 Å². The van der Waals surface area contributed by atoms with Gasteiger partial charge < -0.3 is 36.3 Å². The molecule has 2 nitrogen and oxygen atoms in total. The average Bonchev–Trinajstić information content (AvgIpc) is 0.918. The smallest absolute Gasteiger partial charge is 0.0647 e. The third-order valence-electron chi connectivity index (χ3n) is 0. The SMILES string of the molecule is C[NH2+]C.N.[Cl-].[Cl-].[Pt]. The Balaban J connectivity index is -0.00000000333. The summed E-state index contributed by atoms with van der Waals surface area (Å²) in [5.41, 5.74) is 0. The zero-order valence-corrected chi connectivity index (χ0v) is 8.14. The third kappa shape index (κ3) is 137. The van der Waals surface area contributed by atoms with Crippen molar-refractivity contribution in [2.45, 2.75) is 0 Å². The van der Waals surface area contributed by atoms with E-state index < -0.39 is 0 Å². The molecule has 0 aliphatic heterocycles. The Morgan fingerprint density at radius 3 is 1.00 bits per heavy atom. The van der Waals surface area contributed by atoms with Crippen molar-refractivity contribution >= 4 is 0 Å². The number of nitrogens with two attached hydrogens (primary N) is 1. The number of halogens is 2. The number of quaternary nitrogens is 1. The fourth-order valence-electron chi connectivity index (χ4n) is 0. The van der Waals surface area contributed by atoms with Crippen LogP contribution in [0.3, 0.4) is 0 Å². The maximum Gasteiger partial charge on any atom is 0.0647 e. The van der Waals surface area contributed by atoms with Crippen molar-refractivity contribution in [2.75, 3.05) is 14.1 Å². The summed E-state index contributed by atoms with van der Waals surface area (Å²) >= 11 is 0. The minimum atomic E-state index is 0. The molecule has 0 rings (SSSR count). The zero-order chi connectivity index (χ0) is 2.71. The maximum absolute atomic E-state index is 2.00. The molecule has 0 atom stereocenters. The van der Waals surface area contributed by atoms with Gasteiger partial charge in [0.05, 0.1) is 14.1 Å². The molecule has 0 amide bonds. The molecule has 54 valence electrons. The van der Waals surface area contributed by atoms with E-state index in [0.29, 0.717) is 0 Å². The molecule has 0 unspecified atom stereocenters. The monoisotopic (exact) mass is 328 g/mol. The van der Waals surface area contributed by atoms with Gasteiger partial charge in [-0.1, -0.05) is 0 Å². The topological polar surface area (TPSA) is 51.6 Å². The van der Waals surface area contributed by atoms with E-state index in [9.17, 15) is 0 Å². The molecule has 0 aliphatic carbocycles. The van der Waals surface area contributed by atoms with Gasteiger partial charge in [-0.2, -0.15) is 0 Å². The summed E-state index contributed by atoms with van der Waals surface area (Å²) in [5, 5.41) is 2.00. The second kappa shape index (κ2) is 57.5. The summed E-state index contributed by atoms with van der Waals surface area (Å²) in [4.78, 5) is 0. The van der Waals surface area contributed by atoms with E-state index in [-0.39, 0.29) is 52.0 Å². The first-order chi connectivity index (χ1) is 1.41. The molecule has 0 fully saturated rings. The van der Waals surface area contributed by atoms with E-state index in [1.165, 1.54) is 0 Å². The van der Waals surface area contributed by atoms with Crippen LogP contribution in [0.2, 0.25) is 0 Å². The largest absolute Gasteiger partial charge is 1.00 e. The minimum Gasteiger partial charge on any atom is -1.00 e. The molecule has 5 heteroatoms. The van der Waals surface area contributed by atoms with Crippen molar-refractivity contribution in [1.82, 2.24) is 6.15 Å². The molecule has 5 N–H and O–H groups in total. The van der Waals surface area contributed by atoms with Crippen LogP contribution >= 0.6 is 0 Å². The molecule has 0 saturated carbocycles. The fourth-order valence-corrected chi connectivity index (χ4v) is 0.